The van der Waals surface area contributed by atoms with E-state index in [1.165, 1.54) is 11.8 Å². The van der Waals surface area contributed by atoms with Crippen LogP contribution in [-0.2, 0) is 16.1 Å². The van der Waals surface area contributed by atoms with E-state index in [4.69, 9.17) is 0 Å². The van der Waals surface area contributed by atoms with Gasteiger partial charge in [0, 0.05) is 18.5 Å². The topological polar surface area (TPSA) is 75.7 Å². The molecular formula is C15H13F3N2O4. The van der Waals surface area contributed by atoms with Crippen molar-refractivity contribution < 1.29 is 32.3 Å². The van der Waals surface area contributed by atoms with Gasteiger partial charge in [-0.15, -0.1) is 13.2 Å². The number of benzene rings is 1. The van der Waals surface area contributed by atoms with Gasteiger partial charge in [0.15, 0.2) is 0 Å². The first kappa shape index (κ1) is 16.3. The average Bonchev–Trinajstić information content (AvgIpc) is 2.74. The number of nitrogens with one attached hydrogen (secondary N) is 1. The summed E-state index contributed by atoms with van der Waals surface area (Å²) >= 11 is 0. The molecule has 0 radical (unpaired) electrons. The predicted molar refractivity (Wildman–Crippen MR) is 73.9 cm³/mol. The summed E-state index contributed by atoms with van der Waals surface area (Å²) in [5.41, 5.74) is 0.977. The molecule has 2 aliphatic heterocycles. The van der Waals surface area contributed by atoms with E-state index in [2.05, 4.69) is 10.1 Å². The minimum atomic E-state index is -4.83. The van der Waals surface area contributed by atoms with Crippen LogP contribution in [0.5, 0.6) is 5.75 Å². The van der Waals surface area contributed by atoms with Crippen molar-refractivity contribution in [2.75, 3.05) is 0 Å². The van der Waals surface area contributed by atoms with Crippen molar-refractivity contribution in [2.45, 2.75) is 38.7 Å². The van der Waals surface area contributed by atoms with Crippen LogP contribution in [0, 0.1) is 6.92 Å². The summed E-state index contributed by atoms with van der Waals surface area (Å²) in [6.45, 7) is 1.50. The van der Waals surface area contributed by atoms with Crippen molar-refractivity contribution >= 4 is 17.7 Å². The smallest absolute Gasteiger partial charge is 0.406 e. The molecule has 0 aliphatic carbocycles. The summed E-state index contributed by atoms with van der Waals surface area (Å²) in [6.07, 6.45) is -4.53. The van der Waals surface area contributed by atoms with Gasteiger partial charge in [-0.2, -0.15) is 0 Å². The molecule has 0 spiro atoms. The second kappa shape index (κ2) is 5.50. The van der Waals surface area contributed by atoms with Crippen LogP contribution in [0.4, 0.5) is 13.2 Å². The van der Waals surface area contributed by atoms with E-state index in [0.29, 0.717) is 11.1 Å². The Morgan fingerprint density at radius 1 is 1.25 bits per heavy atom. The molecule has 24 heavy (non-hydrogen) atoms. The highest BCUT2D eigenvalue weighted by Crippen LogP contribution is 2.34. The lowest BCUT2D eigenvalue weighted by atomic mass is 10.0. The van der Waals surface area contributed by atoms with Crippen molar-refractivity contribution in [3.05, 3.63) is 28.8 Å². The van der Waals surface area contributed by atoms with Gasteiger partial charge >= 0.3 is 6.36 Å². The zero-order chi connectivity index (χ0) is 17.6. The second-order valence-corrected chi connectivity index (χ2v) is 5.72. The molecule has 9 heteroatoms. The molecule has 3 rings (SSSR count). The number of hydrogen-bond acceptors (Lipinski definition) is 4. The van der Waals surface area contributed by atoms with Gasteiger partial charge in [-0.3, -0.25) is 19.7 Å². The number of carbonyl (C=O) groups is 3. The number of aryl methyl sites for hydroxylation is 1. The number of piperidine rings is 1. The predicted octanol–water partition coefficient (Wildman–Crippen LogP) is 1.65. The Morgan fingerprint density at radius 2 is 1.96 bits per heavy atom. The first-order valence-electron chi connectivity index (χ1n) is 7.19. The third kappa shape index (κ3) is 2.93. The second-order valence-electron chi connectivity index (χ2n) is 5.72. The highest BCUT2D eigenvalue weighted by Gasteiger charge is 2.40. The number of amides is 3. The van der Waals surface area contributed by atoms with E-state index in [-0.39, 0.29) is 24.9 Å². The minimum Gasteiger partial charge on any atom is -0.406 e. The SMILES string of the molecule is Cc1cc(OC(F)(F)F)cc2c1C(=O)N(C1CCC(=O)NC1=O)C2. The summed E-state index contributed by atoms with van der Waals surface area (Å²) in [6, 6.07) is 1.48. The van der Waals surface area contributed by atoms with Crippen molar-refractivity contribution in [3.8, 4) is 5.75 Å². The molecule has 0 saturated carbocycles. The van der Waals surface area contributed by atoms with E-state index in [9.17, 15) is 27.6 Å². The van der Waals surface area contributed by atoms with Gasteiger partial charge in [0.1, 0.15) is 11.8 Å². The van der Waals surface area contributed by atoms with Gasteiger partial charge in [0.2, 0.25) is 11.8 Å². The van der Waals surface area contributed by atoms with Crippen LogP contribution in [0.15, 0.2) is 12.1 Å². The number of nitrogens with zero attached hydrogens (tertiary/aromatic N) is 1. The van der Waals surface area contributed by atoms with Crippen LogP contribution in [0.2, 0.25) is 0 Å². The van der Waals surface area contributed by atoms with Gasteiger partial charge in [0.05, 0.1) is 0 Å². The van der Waals surface area contributed by atoms with Gasteiger partial charge in [-0.25, -0.2) is 0 Å². The Hall–Kier alpha value is -2.58. The zero-order valence-electron chi connectivity index (χ0n) is 12.6. The molecule has 1 fully saturated rings. The highest BCUT2D eigenvalue weighted by molar-refractivity contribution is 6.06. The third-order valence-electron chi connectivity index (χ3n) is 4.03. The quantitative estimate of drug-likeness (QED) is 0.830. The van der Waals surface area contributed by atoms with Crippen molar-refractivity contribution in [1.29, 1.82) is 0 Å². The van der Waals surface area contributed by atoms with Crippen LogP contribution in [0.1, 0.15) is 34.3 Å². The lowest BCUT2D eigenvalue weighted by Crippen LogP contribution is -2.52. The normalized spacial score (nSPS) is 20.9. The molecule has 128 valence electrons. The fourth-order valence-electron chi connectivity index (χ4n) is 3.08. The maximum atomic E-state index is 12.5. The molecule has 1 aromatic carbocycles. The minimum absolute atomic E-state index is 0.00363. The number of carbonyl (C=O) groups excluding carboxylic acids is 3. The molecule has 1 saturated heterocycles. The Balaban J connectivity index is 1.88. The zero-order valence-corrected chi connectivity index (χ0v) is 12.6. The molecule has 2 aliphatic rings. The molecule has 0 bridgehead atoms. The van der Waals surface area contributed by atoms with Gasteiger partial charge in [-0.1, -0.05) is 0 Å². The monoisotopic (exact) mass is 342 g/mol. The summed E-state index contributed by atoms with van der Waals surface area (Å²) in [4.78, 5) is 36.9. The molecule has 0 aromatic heterocycles. The lowest BCUT2D eigenvalue weighted by molar-refractivity contribution is -0.274. The van der Waals surface area contributed by atoms with E-state index in [1.807, 2.05) is 0 Å². The number of imide groups is 1. The number of ether oxygens (including phenoxy) is 1. The maximum absolute atomic E-state index is 12.5. The van der Waals surface area contributed by atoms with Crippen LogP contribution in [0.25, 0.3) is 0 Å². The molecule has 3 amide bonds. The first-order chi connectivity index (χ1) is 11.2. The van der Waals surface area contributed by atoms with Crippen LogP contribution in [-0.4, -0.2) is 35.0 Å². The molecule has 2 heterocycles. The third-order valence-corrected chi connectivity index (χ3v) is 4.03. The Labute approximate surface area is 134 Å². The van der Waals surface area contributed by atoms with E-state index < -0.39 is 35.9 Å². The number of rotatable bonds is 2. The fourth-order valence-corrected chi connectivity index (χ4v) is 3.08. The number of fused-ring (bicyclic) bond motifs is 1. The Morgan fingerprint density at radius 3 is 2.58 bits per heavy atom. The maximum Gasteiger partial charge on any atom is 0.573 e. The van der Waals surface area contributed by atoms with Crippen LogP contribution in [0.3, 0.4) is 0 Å². The van der Waals surface area contributed by atoms with Gasteiger partial charge in [0.25, 0.3) is 5.91 Å². The number of halogens is 3. The van der Waals surface area contributed by atoms with E-state index in [0.717, 1.165) is 12.1 Å². The summed E-state index contributed by atoms with van der Waals surface area (Å²) in [7, 11) is 0. The molecule has 6 nitrogen and oxygen atoms in total. The van der Waals surface area contributed by atoms with Crippen molar-refractivity contribution in [3.63, 3.8) is 0 Å². The summed E-state index contributed by atoms with van der Waals surface area (Å²) in [5.74, 6) is -1.82. The molecule has 1 aromatic rings. The Kier molecular flexibility index (Phi) is 3.73. The van der Waals surface area contributed by atoms with Crippen LogP contribution >= 0.6 is 0 Å². The average molecular weight is 342 g/mol. The first-order valence-corrected chi connectivity index (χ1v) is 7.19. The summed E-state index contributed by atoms with van der Waals surface area (Å²) < 4.78 is 41.0. The van der Waals surface area contributed by atoms with Gasteiger partial charge < -0.3 is 9.64 Å². The molecule has 1 atom stereocenters. The van der Waals surface area contributed by atoms with Gasteiger partial charge in [-0.05, 0) is 36.6 Å². The van der Waals surface area contributed by atoms with E-state index >= 15 is 0 Å². The fraction of sp³-hybridized carbons (Fsp3) is 0.400. The number of alkyl halides is 3. The molecule has 1 N–H and O–H groups in total. The molecular weight excluding hydrogens is 329 g/mol. The van der Waals surface area contributed by atoms with Crippen LogP contribution < -0.4 is 10.1 Å². The number of hydrogen-bond donors (Lipinski definition) is 1. The summed E-state index contributed by atoms with van der Waals surface area (Å²) in [5, 5.41) is 2.17. The van der Waals surface area contributed by atoms with Crippen molar-refractivity contribution in [1.82, 2.24) is 10.2 Å². The largest absolute Gasteiger partial charge is 0.573 e. The standard InChI is InChI=1S/C15H13F3N2O4/c1-7-4-9(24-15(16,17)18)5-8-6-20(14(23)12(7)8)10-2-3-11(21)19-13(10)22/h4-5,10H,2-3,6H2,1H3,(H,19,21,22). The highest BCUT2D eigenvalue weighted by atomic mass is 19.4. The molecule has 1 unspecified atom stereocenters. The lowest BCUT2D eigenvalue weighted by Gasteiger charge is -2.29. The van der Waals surface area contributed by atoms with Crippen molar-refractivity contribution in [2.24, 2.45) is 0 Å². The van der Waals surface area contributed by atoms with E-state index in [1.54, 1.807) is 0 Å². The Bertz CT molecular complexity index is 745.